The molecule has 0 aliphatic rings. The molecule has 0 radical (unpaired) electrons. The first-order chi connectivity index (χ1) is 8.01. The minimum atomic E-state index is -2.90. The molecule has 90 valence electrons. The van der Waals surface area contributed by atoms with Crippen LogP contribution in [-0.4, -0.2) is 17.6 Å². The van der Waals surface area contributed by atoms with Crippen LogP contribution in [0.15, 0.2) is 6.07 Å². The number of nitrogens with zero attached hydrogens (tertiary/aromatic N) is 2. The van der Waals surface area contributed by atoms with E-state index >= 15 is 0 Å². The van der Waals surface area contributed by atoms with Gasteiger partial charge in [0.15, 0.2) is 0 Å². The van der Waals surface area contributed by atoms with Crippen LogP contribution in [-0.2, 0) is 4.74 Å². The quantitative estimate of drug-likeness (QED) is 0.761. The SMILES string of the molecule is CCOC(=O)c1cc(C)nc(C(F)F)c1C#N. The van der Waals surface area contributed by atoms with E-state index in [2.05, 4.69) is 4.98 Å². The zero-order valence-electron chi connectivity index (χ0n) is 9.33. The first kappa shape index (κ1) is 13.0. The maximum atomic E-state index is 12.7. The van der Waals surface area contributed by atoms with Crippen molar-refractivity contribution in [3.8, 4) is 6.07 Å². The number of alkyl halides is 2. The summed E-state index contributed by atoms with van der Waals surface area (Å²) in [6.07, 6.45) is -2.90. The first-order valence-corrected chi connectivity index (χ1v) is 4.88. The number of pyridine rings is 1. The average Bonchev–Trinajstić information content (AvgIpc) is 2.28. The Kier molecular flexibility index (Phi) is 4.10. The standard InChI is InChI=1S/C11H10F2N2O2/c1-3-17-11(16)7-4-6(2)15-9(10(12)13)8(7)5-14/h4,10H,3H2,1-2H3. The van der Waals surface area contributed by atoms with Crippen LogP contribution in [0.1, 0.15) is 40.7 Å². The number of nitriles is 1. The smallest absolute Gasteiger partial charge is 0.339 e. The lowest BCUT2D eigenvalue weighted by atomic mass is 10.1. The van der Waals surface area contributed by atoms with E-state index in [1.165, 1.54) is 13.0 Å². The van der Waals surface area contributed by atoms with Crippen molar-refractivity contribution in [3.63, 3.8) is 0 Å². The summed E-state index contributed by atoms with van der Waals surface area (Å²) in [4.78, 5) is 15.1. The van der Waals surface area contributed by atoms with Crippen LogP contribution >= 0.6 is 0 Å². The van der Waals surface area contributed by atoms with Crippen molar-refractivity contribution < 1.29 is 18.3 Å². The molecule has 0 aromatic carbocycles. The summed E-state index contributed by atoms with van der Waals surface area (Å²) >= 11 is 0. The second-order valence-electron chi connectivity index (χ2n) is 3.20. The molecule has 0 amide bonds. The molecule has 0 N–H and O–H groups in total. The second kappa shape index (κ2) is 5.34. The Bertz CT molecular complexity index is 481. The van der Waals surface area contributed by atoms with Crippen molar-refractivity contribution in [1.29, 1.82) is 5.26 Å². The number of hydrogen-bond acceptors (Lipinski definition) is 4. The summed E-state index contributed by atoms with van der Waals surface area (Å²) < 4.78 is 30.0. The molecule has 0 aliphatic carbocycles. The second-order valence-corrected chi connectivity index (χ2v) is 3.20. The van der Waals surface area contributed by atoms with Gasteiger partial charge in [0, 0.05) is 5.69 Å². The zero-order valence-corrected chi connectivity index (χ0v) is 9.33. The Morgan fingerprint density at radius 2 is 2.29 bits per heavy atom. The van der Waals surface area contributed by atoms with Crippen LogP contribution in [0.5, 0.6) is 0 Å². The average molecular weight is 240 g/mol. The largest absolute Gasteiger partial charge is 0.462 e. The van der Waals surface area contributed by atoms with E-state index in [1.807, 2.05) is 0 Å². The lowest BCUT2D eigenvalue weighted by Gasteiger charge is -2.08. The Balaban J connectivity index is 3.39. The summed E-state index contributed by atoms with van der Waals surface area (Å²) in [6, 6.07) is 2.84. The van der Waals surface area contributed by atoms with E-state index in [0.717, 1.165) is 0 Å². The molecule has 4 nitrogen and oxygen atoms in total. The predicted molar refractivity (Wildman–Crippen MR) is 54.6 cm³/mol. The van der Waals surface area contributed by atoms with Gasteiger partial charge in [-0.25, -0.2) is 13.6 Å². The van der Waals surface area contributed by atoms with Gasteiger partial charge in [-0.3, -0.25) is 4.98 Å². The molecule has 6 heteroatoms. The lowest BCUT2D eigenvalue weighted by molar-refractivity contribution is 0.0525. The summed E-state index contributed by atoms with van der Waals surface area (Å²) in [6.45, 7) is 3.16. The number of rotatable bonds is 3. The lowest BCUT2D eigenvalue weighted by Crippen LogP contribution is -2.11. The first-order valence-electron chi connectivity index (χ1n) is 4.88. The van der Waals surface area contributed by atoms with Crippen LogP contribution in [0.3, 0.4) is 0 Å². The maximum Gasteiger partial charge on any atom is 0.339 e. The van der Waals surface area contributed by atoms with Crippen LogP contribution in [0.2, 0.25) is 0 Å². The maximum absolute atomic E-state index is 12.7. The van der Waals surface area contributed by atoms with Crippen molar-refractivity contribution in [3.05, 3.63) is 28.6 Å². The Hall–Kier alpha value is -2.03. The van der Waals surface area contributed by atoms with Crippen molar-refractivity contribution >= 4 is 5.97 Å². The van der Waals surface area contributed by atoms with Gasteiger partial charge < -0.3 is 4.74 Å². The third-order valence-electron chi connectivity index (χ3n) is 1.99. The van der Waals surface area contributed by atoms with Crippen LogP contribution in [0.25, 0.3) is 0 Å². The van der Waals surface area contributed by atoms with E-state index in [-0.39, 0.29) is 17.9 Å². The molecule has 0 saturated heterocycles. The highest BCUT2D eigenvalue weighted by Gasteiger charge is 2.23. The van der Waals surface area contributed by atoms with E-state index < -0.39 is 23.7 Å². The van der Waals surface area contributed by atoms with Gasteiger partial charge in [0.2, 0.25) is 0 Å². The molecule has 1 aromatic heterocycles. The summed E-state index contributed by atoms with van der Waals surface area (Å²) in [5, 5.41) is 8.83. The third kappa shape index (κ3) is 2.75. The molecular formula is C11H10F2N2O2. The molecule has 1 aromatic rings. The molecule has 0 saturated carbocycles. The number of halogens is 2. The van der Waals surface area contributed by atoms with Crippen molar-refractivity contribution in [2.75, 3.05) is 6.61 Å². The number of ether oxygens (including phenoxy) is 1. The number of esters is 1. The van der Waals surface area contributed by atoms with E-state index in [0.29, 0.717) is 0 Å². The van der Waals surface area contributed by atoms with Gasteiger partial charge in [0.1, 0.15) is 11.8 Å². The number of aromatic nitrogens is 1. The molecule has 0 unspecified atom stereocenters. The Morgan fingerprint density at radius 3 is 2.76 bits per heavy atom. The molecule has 0 atom stereocenters. The van der Waals surface area contributed by atoms with Gasteiger partial charge in [-0.15, -0.1) is 0 Å². The van der Waals surface area contributed by atoms with Crippen molar-refractivity contribution in [2.24, 2.45) is 0 Å². The van der Waals surface area contributed by atoms with Crippen LogP contribution < -0.4 is 0 Å². The Labute approximate surface area is 96.8 Å². The van der Waals surface area contributed by atoms with Gasteiger partial charge in [0.25, 0.3) is 6.43 Å². The minimum absolute atomic E-state index is 0.106. The molecule has 0 aliphatic heterocycles. The molecule has 0 spiro atoms. The molecule has 1 rings (SSSR count). The fourth-order valence-corrected chi connectivity index (χ4v) is 1.34. The van der Waals surface area contributed by atoms with Gasteiger partial charge in [0.05, 0.1) is 17.7 Å². The highest BCUT2D eigenvalue weighted by molar-refractivity contribution is 5.92. The Morgan fingerprint density at radius 1 is 1.65 bits per heavy atom. The van der Waals surface area contributed by atoms with Crippen LogP contribution in [0, 0.1) is 18.3 Å². The zero-order chi connectivity index (χ0) is 13.0. The van der Waals surface area contributed by atoms with Crippen LogP contribution in [0.4, 0.5) is 8.78 Å². The topological polar surface area (TPSA) is 63.0 Å². The highest BCUT2D eigenvalue weighted by Crippen LogP contribution is 2.24. The summed E-state index contributed by atoms with van der Waals surface area (Å²) in [7, 11) is 0. The number of carbonyl (C=O) groups excluding carboxylic acids is 1. The summed E-state index contributed by atoms with van der Waals surface area (Å²) in [5.74, 6) is -0.795. The number of hydrogen-bond donors (Lipinski definition) is 0. The van der Waals surface area contributed by atoms with Crippen molar-refractivity contribution in [2.45, 2.75) is 20.3 Å². The van der Waals surface area contributed by atoms with Gasteiger partial charge in [-0.1, -0.05) is 0 Å². The number of carbonyl (C=O) groups is 1. The highest BCUT2D eigenvalue weighted by atomic mass is 19.3. The van der Waals surface area contributed by atoms with E-state index in [1.54, 1.807) is 13.0 Å². The molecule has 1 heterocycles. The van der Waals surface area contributed by atoms with Gasteiger partial charge in [-0.2, -0.15) is 5.26 Å². The number of aryl methyl sites for hydroxylation is 1. The molecule has 0 bridgehead atoms. The summed E-state index contributed by atoms with van der Waals surface area (Å²) in [5.41, 5.74) is -1.04. The molecule has 0 fully saturated rings. The third-order valence-corrected chi connectivity index (χ3v) is 1.99. The predicted octanol–water partition coefficient (Wildman–Crippen LogP) is 2.38. The van der Waals surface area contributed by atoms with Crippen molar-refractivity contribution in [1.82, 2.24) is 4.98 Å². The van der Waals surface area contributed by atoms with Gasteiger partial charge >= 0.3 is 5.97 Å². The van der Waals surface area contributed by atoms with Gasteiger partial charge in [-0.05, 0) is 19.9 Å². The van der Waals surface area contributed by atoms with E-state index in [4.69, 9.17) is 10.00 Å². The fourth-order valence-electron chi connectivity index (χ4n) is 1.34. The molecule has 17 heavy (non-hydrogen) atoms. The normalized spacial score (nSPS) is 10.1. The minimum Gasteiger partial charge on any atom is -0.462 e. The van der Waals surface area contributed by atoms with E-state index in [9.17, 15) is 13.6 Å². The fraction of sp³-hybridized carbons (Fsp3) is 0.364. The molecular weight excluding hydrogens is 230 g/mol. The monoisotopic (exact) mass is 240 g/mol.